The van der Waals surface area contributed by atoms with Gasteiger partial charge in [-0.1, -0.05) is 18.2 Å². The van der Waals surface area contributed by atoms with Crippen molar-refractivity contribution in [3.05, 3.63) is 53.6 Å². The van der Waals surface area contributed by atoms with Crippen molar-refractivity contribution in [1.29, 1.82) is 0 Å². The number of alkyl halides is 3. The Hall–Kier alpha value is -2.94. The van der Waals surface area contributed by atoms with Gasteiger partial charge in [-0.3, -0.25) is 9.69 Å². The van der Waals surface area contributed by atoms with Gasteiger partial charge in [0.2, 0.25) is 5.91 Å². The van der Waals surface area contributed by atoms with Crippen molar-refractivity contribution >= 4 is 11.6 Å². The predicted octanol–water partition coefficient (Wildman–Crippen LogP) is 5.16. The molecule has 0 bridgehead atoms. The summed E-state index contributed by atoms with van der Waals surface area (Å²) in [5.41, 5.74) is 3.46. The predicted molar refractivity (Wildman–Crippen MR) is 139 cm³/mol. The monoisotopic (exact) mass is 531 g/mol. The van der Waals surface area contributed by atoms with Crippen molar-refractivity contribution in [3.63, 3.8) is 0 Å². The normalized spacial score (nSPS) is 19.2. The first-order valence-corrected chi connectivity index (χ1v) is 13.7. The zero-order chi connectivity index (χ0) is 26.5. The zero-order valence-electron chi connectivity index (χ0n) is 21.6. The third-order valence-electron chi connectivity index (χ3n) is 8.05. The van der Waals surface area contributed by atoms with E-state index in [9.17, 15) is 18.0 Å². The number of carbonyl (C=O) groups excluding carboxylic acids is 1. The molecule has 0 atom stereocenters. The van der Waals surface area contributed by atoms with Crippen molar-refractivity contribution in [3.8, 4) is 11.5 Å². The molecule has 5 rings (SSSR count). The lowest BCUT2D eigenvalue weighted by atomic mass is 9.92. The van der Waals surface area contributed by atoms with Crippen LogP contribution in [0.1, 0.15) is 43.2 Å². The fourth-order valence-corrected chi connectivity index (χ4v) is 5.88. The van der Waals surface area contributed by atoms with E-state index in [1.54, 1.807) is 12.1 Å². The van der Waals surface area contributed by atoms with Gasteiger partial charge in [-0.05, 0) is 80.9 Å². The average molecular weight is 532 g/mol. The number of hydrogen-bond donors (Lipinski definition) is 1. The van der Waals surface area contributed by atoms with E-state index in [1.165, 1.54) is 23.3 Å². The molecule has 0 unspecified atom stereocenters. The summed E-state index contributed by atoms with van der Waals surface area (Å²) in [6, 6.07) is 12.4. The van der Waals surface area contributed by atoms with Crippen molar-refractivity contribution in [2.75, 3.05) is 44.2 Å². The number of benzene rings is 2. The molecule has 0 aliphatic carbocycles. The summed E-state index contributed by atoms with van der Waals surface area (Å²) in [5, 5.41) is 3.15. The molecule has 1 N–H and O–H groups in total. The van der Waals surface area contributed by atoms with E-state index >= 15 is 0 Å². The lowest BCUT2D eigenvalue weighted by molar-refractivity contribution is -0.274. The molecule has 2 aromatic rings. The number of piperidine rings is 2. The summed E-state index contributed by atoms with van der Waals surface area (Å²) in [6.45, 7) is 5.99. The fourth-order valence-electron chi connectivity index (χ4n) is 5.88. The number of amides is 1. The minimum atomic E-state index is -4.69. The Balaban J connectivity index is 0.980. The van der Waals surface area contributed by atoms with Crippen molar-refractivity contribution < 1.29 is 27.4 Å². The molecule has 0 aromatic heterocycles. The Bertz CT molecular complexity index is 1080. The van der Waals surface area contributed by atoms with Crippen LogP contribution in [0.4, 0.5) is 18.9 Å². The molecule has 0 saturated carbocycles. The number of nitrogens with zero attached hydrogens (tertiary/aromatic N) is 2. The van der Waals surface area contributed by atoms with Crippen LogP contribution in [0.5, 0.6) is 11.5 Å². The van der Waals surface area contributed by atoms with Gasteiger partial charge in [0.15, 0.2) is 0 Å². The number of rotatable bonds is 8. The van der Waals surface area contributed by atoms with Gasteiger partial charge in [0, 0.05) is 49.8 Å². The maximum Gasteiger partial charge on any atom is 0.573 e. The van der Waals surface area contributed by atoms with Crippen LogP contribution in [0.2, 0.25) is 0 Å². The number of anilines is 1. The first kappa shape index (κ1) is 26.7. The van der Waals surface area contributed by atoms with Gasteiger partial charge < -0.3 is 19.7 Å². The van der Waals surface area contributed by atoms with Crippen LogP contribution < -0.4 is 19.7 Å². The first-order chi connectivity index (χ1) is 18.3. The van der Waals surface area contributed by atoms with Crippen LogP contribution in [0.15, 0.2) is 42.5 Å². The highest BCUT2D eigenvalue weighted by Gasteiger charge is 2.31. The first-order valence-electron chi connectivity index (χ1n) is 13.7. The standard InChI is InChI=1S/C29H36F3N3O3/c30-29(31,32)38-26-6-4-25(5-7-26)35-17-11-23(12-18-35)28(36)33-14-8-21-9-15-34(16-10-21)20-24-3-1-2-22-13-19-37-27(22)24/h1-7,21,23H,8-20H2,(H,33,36). The van der Waals surface area contributed by atoms with E-state index < -0.39 is 6.36 Å². The van der Waals surface area contributed by atoms with Gasteiger partial charge in [-0.15, -0.1) is 13.2 Å². The second kappa shape index (κ2) is 11.8. The van der Waals surface area contributed by atoms with Crippen molar-refractivity contribution in [2.45, 2.75) is 51.4 Å². The largest absolute Gasteiger partial charge is 0.573 e. The van der Waals surface area contributed by atoms with Gasteiger partial charge in [0.1, 0.15) is 11.5 Å². The molecule has 3 aliphatic heterocycles. The number of likely N-dealkylation sites (tertiary alicyclic amines) is 1. The summed E-state index contributed by atoms with van der Waals surface area (Å²) < 4.78 is 46.9. The minimum Gasteiger partial charge on any atom is -0.493 e. The molecule has 9 heteroatoms. The maximum absolute atomic E-state index is 12.7. The molecule has 6 nitrogen and oxygen atoms in total. The molecule has 1 amide bonds. The smallest absolute Gasteiger partial charge is 0.493 e. The Morgan fingerprint density at radius 3 is 2.45 bits per heavy atom. The van der Waals surface area contributed by atoms with E-state index in [2.05, 4.69) is 38.1 Å². The molecule has 2 fully saturated rings. The Morgan fingerprint density at radius 2 is 1.74 bits per heavy atom. The Morgan fingerprint density at radius 1 is 1.00 bits per heavy atom. The second-order valence-electron chi connectivity index (χ2n) is 10.6. The summed E-state index contributed by atoms with van der Waals surface area (Å²) in [4.78, 5) is 17.3. The minimum absolute atomic E-state index is 0.0178. The van der Waals surface area contributed by atoms with Crippen LogP contribution >= 0.6 is 0 Å². The Kier molecular flexibility index (Phi) is 8.31. The number of ether oxygens (including phenoxy) is 2. The van der Waals surface area contributed by atoms with Crippen LogP contribution in [0.25, 0.3) is 0 Å². The number of nitrogens with one attached hydrogen (secondary N) is 1. The van der Waals surface area contributed by atoms with E-state index in [1.807, 2.05) is 0 Å². The highest BCUT2D eigenvalue weighted by Crippen LogP contribution is 2.32. The SMILES string of the molecule is O=C(NCCC1CCN(Cc2cccc3c2OCC3)CC1)C1CCN(c2ccc(OC(F)(F)F)cc2)CC1. The van der Waals surface area contributed by atoms with E-state index in [4.69, 9.17) is 4.74 Å². The van der Waals surface area contributed by atoms with E-state index in [-0.39, 0.29) is 17.6 Å². The van der Waals surface area contributed by atoms with Crippen LogP contribution in [0.3, 0.4) is 0 Å². The molecule has 3 aliphatic rings. The number of halogens is 3. The number of hydrogen-bond acceptors (Lipinski definition) is 5. The van der Waals surface area contributed by atoms with Crippen molar-refractivity contribution in [1.82, 2.24) is 10.2 Å². The molecule has 0 spiro atoms. The lowest BCUT2D eigenvalue weighted by Crippen LogP contribution is -2.41. The summed E-state index contributed by atoms with van der Waals surface area (Å²) >= 11 is 0. The van der Waals surface area contributed by atoms with Crippen LogP contribution in [-0.4, -0.2) is 56.5 Å². The highest BCUT2D eigenvalue weighted by molar-refractivity contribution is 5.79. The third-order valence-corrected chi connectivity index (χ3v) is 8.05. The topological polar surface area (TPSA) is 54.0 Å². The van der Waals surface area contributed by atoms with E-state index in [0.717, 1.165) is 76.2 Å². The lowest BCUT2D eigenvalue weighted by Gasteiger charge is -2.34. The molecule has 2 aromatic carbocycles. The third kappa shape index (κ3) is 6.92. The van der Waals surface area contributed by atoms with Gasteiger partial charge in [0.25, 0.3) is 0 Å². The second-order valence-corrected chi connectivity index (χ2v) is 10.6. The molecule has 38 heavy (non-hydrogen) atoms. The number of para-hydroxylation sites is 1. The van der Waals surface area contributed by atoms with Crippen LogP contribution in [-0.2, 0) is 17.8 Å². The zero-order valence-corrected chi connectivity index (χ0v) is 21.6. The fraction of sp³-hybridized carbons (Fsp3) is 0.552. The molecule has 3 heterocycles. The Labute approximate surface area is 222 Å². The summed E-state index contributed by atoms with van der Waals surface area (Å²) in [6.07, 6.45) is 1.09. The molecule has 0 radical (unpaired) electrons. The van der Waals surface area contributed by atoms with Gasteiger partial charge >= 0.3 is 6.36 Å². The van der Waals surface area contributed by atoms with Gasteiger partial charge in [-0.25, -0.2) is 0 Å². The van der Waals surface area contributed by atoms with E-state index in [0.29, 0.717) is 25.6 Å². The number of carbonyl (C=O) groups is 1. The molecule has 206 valence electrons. The van der Waals surface area contributed by atoms with Gasteiger partial charge in [-0.2, -0.15) is 0 Å². The summed E-state index contributed by atoms with van der Waals surface area (Å²) in [5.74, 6) is 1.60. The van der Waals surface area contributed by atoms with Crippen LogP contribution in [0, 0.1) is 11.8 Å². The molecular weight excluding hydrogens is 495 g/mol. The van der Waals surface area contributed by atoms with Crippen molar-refractivity contribution in [2.24, 2.45) is 11.8 Å². The average Bonchev–Trinajstić information content (AvgIpc) is 3.39. The summed E-state index contributed by atoms with van der Waals surface area (Å²) in [7, 11) is 0. The molecule has 2 saturated heterocycles. The highest BCUT2D eigenvalue weighted by atomic mass is 19.4. The quantitative estimate of drug-likeness (QED) is 0.511. The maximum atomic E-state index is 12.7. The molecular formula is C29H36F3N3O3. The number of fused-ring (bicyclic) bond motifs is 1. The van der Waals surface area contributed by atoms with Gasteiger partial charge in [0.05, 0.1) is 6.61 Å².